The number of anilines is 1. The van der Waals surface area contributed by atoms with Crippen LogP contribution in [-0.2, 0) is 9.59 Å². The lowest BCUT2D eigenvalue weighted by Gasteiger charge is -2.14. The van der Waals surface area contributed by atoms with Crippen molar-refractivity contribution in [2.75, 3.05) is 19.0 Å². The third kappa shape index (κ3) is 2.86. The zero-order valence-corrected chi connectivity index (χ0v) is 15.4. The summed E-state index contributed by atoms with van der Waals surface area (Å²) in [6, 6.07) is 13.1. The number of para-hydroxylation sites is 1. The molecule has 3 rings (SSSR count). The molecule has 2 aromatic carbocycles. The number of hydrogen-bond donors (Lipinski definition) is 1. The highest BCUT2D eigenvalue weighted by Crippen LogP contribution is 2.35. The van der Waals surface area contributed by atoms with Crippen molar-refractivity contribution in [1.82, 2.24) is 4.90 Å². The van der Waals surface area contributed by atoms with Gasteiger partial charge in [0, 0.05) is 17.8 Å². The molecule has 0 saturated carbocycles. The van der Waals surface area contributed by atoms with E-state index in [2.05, 4.69) is 5.32 Å². The van der Waals surface area contributed by atoms with Crippen LogP contribution in [0.5, 0.6) is 5.75 Å². The minimum atomic E-state index is -0.320. The van der Waals surface area contributed by atoms with E-state index in [1.807, 2.05) is 44.2 Å². The van der Waals surface area contributed by atoms with Crippen LogP contribution in [0.25, 0.3) is 5.57 Å². The third-order valence-corrected chi connectivity index (χ3v) is 4.72. The van der Waals surface area contributed by atoms with Gasteiger partial charge in [-0.15, -0.1) is 0 Å². The molecular weight excluding hydrogens is 328 g/mol. The number of methoxy groups -OCH3 is 1. The van der Waals surface area contributed by atoms with Gasteiger partial charge in [0.25, 0.3) is 11.8 Å². The first-order valence-corrected chi connectivity index (χ1v) is 8.56. The molecule has 0 aromatic heterocycles. The summed E-state index contributed by atoms with van der Waals surface area (Å²) < 4.78 is 5.41. The Hall–Kier alpha value is -3.08. The largest absolute Gasteiger partial charge is 0.496 e. The van der Waals surface area contributed by atoms with Gasteiger partial charge in [-0.05, 0) is 44.0 Å². The molecule has 5 heteroatoms. The Kier molecular flexibility index (Phi) is 4.80. The van der Waals surface area contributed by atoms with Gasteiger partial charge in [0.2, 0.25) is 0 Å². The average Bonchev–Trinajstić information content (AvgIpc) is 2.88. The second-order valence-electron chi connectivity index (χ2n) is 6.18. The highest BCUT2D eigenvalue weighted by Gasteiger charge is 2.39. The van der Waals surface area contributed by atoms with Crippen LogP contribution < -0.4 is 10.1 Å². The molecule has 0 saturated heterocycles. The lowest BCUT2D eigenvalue weighted by molar-refractivity contribution is -0.136. The number of nitrogens with one attached hydrogen (secondary N) is 1. The lowest BCUT2D eigenvalue weighted by Crippen LogP contribution is -2.32. The van der Waals surface area contributed by atoms with Crippen molar-refractivity contribution in [3.63, 3.8) is 0 Å². The fourth-order valence-electron chi connectivity index (χ4n) is 3.10. The summed E-state index contributed by atoms with van der Waals surface area (Å²) in [4.78, 5) is 27.0. The molecule has 26 heavy (non-hydrogen) atoms. The van der Waals surface area contributed by atoms with Gasteiger partial charge in [-0.25, -0.2) is 0 Å². The number of carbonyl (C=O) groups is 2. The monoisotopic (exact) mass is 350 g/mol. The van der Waals surface area contributed by atoms with Crippen molar-refractivity contribution in [1.29, 1.82) is 0 Å². The van der Waals surface area contributed by atoms with Gasteiger partial charge in [-0.1, -0.05) is 30.3 Å². The van der Waals surface area contributed by atoms with E-state index in [1.54, 1.807) is 26.2 Å². The van der Waals surface area contributed by atoms with E-state index in [9.17, 15) is 9.59 Å². The van der Waals surface area contributed by atoms with Crippen LogP contribution in [0.3, 0.4) is 0 Å². The van der Waals surface area contributed by atoms with Gasteiger partial charge in [-0.2, -0.15) is 0 Å². The number of ether oxygens (including phenoxy) is 1. The number of carbonyl (C=O) groups excluding carboxylic acids is 2. The predicted molar refractivity (Wildman–Crippen MR) is 102 cm³/mol. The minimum absolute atomic E-state index is 0.287. The van der Waals surface area contributed by atoms with Crippen molar-refractivity contribution in [2.45, 2.75) is 20.8 Å². The molecule has 0 radical (unpaired) electrons. The van der Waals surface area contributed by atoms with Gasteiger partial charge in [0.15, 0.2) is 0 Å². The molecule has 0 atom stereocenters. The molecule has 134 valence electrons. The molecule has 1 N–H and O–H groups in total. The number of amides is 2. The number of imide groups is 1. The molecule has 0 fully saturated rings. The van der Waals surface area contributed by atoms with Gasteiger partial charge >= 0.3 is 0 Å². The van der Waals surface area contributed by atoms with Crippen molar-refractivity contribution in [3.8, 4) is 5.75 Å². The second kappa shape index (κ2) is 7.04. The zero-order valence-electron chi connectivity index (χ0n) is 15.4. The van der Waals surface area contributed by atoms with E-state index in [1.165, 1.54) is 4.90 Å². The quantitative estimate of drug-likeness (QED) is 0.838. The summed E-state index contributed by atoms with van der Waals surface area (Å²) in [5.41, 5.74) is 4.20. The minimum Gasteiger partial charge on any atom is -0.496 e. The Morgan fingerprint density at radius 2 is 1.73 bits per heavy atom. The molecule has 1 aliphatic heterocycles. The lowest BCUT2D eigenvalue weighted by atomic mass is 10.0. The number of benzene rings is 2. The van der Waals surface area contributed by atoms with Gasteiger partial charge in [0.05, 0.1) is 12.7 Å². The molecular formula is C21H22N2O3. The molecule has 1 aliphatic rings. The molecule has 1 heterocycles. The topological polar surface area (TPSA) is 58.6 Å². The molecule has 5 nitrogen and oxygen atoms in total. The molecule has 0 spiro atoms. The van der Waals surface area contributed by atoms with Crippen molar-refractivity contribution in [3.05, 3.63) is 64.9 Å². The van der Waals surface area contributed by atoms with Crippen LogP contribution in [0, 0.1) is 13.8 Å². The summed E-state index contributed by atoms with van der Waals surface area (Å²) in [6.45, 7) is 6.10. The van der Waals surface area contributed by atoms with E-state index >= 15 is 0 Å². The SMILES string of the molecule is CCN1C(=O)C(Nc2cccc(C)c2C)=C(c2ccccc2OC)C1=O. The summed E-state index contributed by atoms with van der Waals surface area (Å²) in [5, 5.41) is 3.21. The van der Waals surface area contributed by atoms with E-state index in [-0.39, 0.29) is 17.5 Å². The number of aryl methyl sites for hydroxylation is 1. The highest BCUT2D eigenvalue weighted by atomic mass is 16.5. The van der Waals surface area contributed by atoms with Gasteiger partial charge in [0.1, 0.15) is 11.4 Å². The normalized spacial score (nSPS) is 14.2. The summed E-state index contributed by atoms with van der Waals surface area (Å²) >= 11 is 0. The van der Waals surface area contributed by atoms with Crippen LogP contribution in [0.2, 0.25) is 0 Å². The number of likely N-dealkylation sites (N-methyl/N-ethyl adjacent to an activating group) is 1. The van der Waals surface area contributed by atoms with Crippen LogP contribution in [0.1, 0.15) is 23.6 Å². The third-order valence-electron chi connectivity index (χ3n) is 4.72. The molecule has 0 aliphatic carbocycles. The van der Waals surface area contributed by atoms with Gasteiger partial charge in [-0.3, -0.25) is 14.5 Å². The first-order chi connectivity index (χ1) is 12.5. The maximum atomic E-state index is 12.9. The first kappa shape index (κ1) is 17.7. The van der Waals surface area contributed by atoms with Crippen LogP contribution in [-0.4, -0.2) is 30.4 Å². The van der Waals surface area contributed by atoms with Crippen molar-refractivity contribution < 1.29 is 14.3 Å². The highest BCUT2D eigenvalue weighted by molar-refractivity contribution is 6.37. The van der Waals surface area contributed by atoms with Crippen molar-refractivity contribution >= 4 is 23.1 Å². The first-order valence-electron chi connectivity index (χ1n) is 8.56. The fraction of sp³-hybridized carbons (Fsp3) is 0.238. The van der Waals surface area contributed by atoms with E-state index in [0.29, 0.717) is 23.4 Å². The number of hydrogen-bond acceptors (Lipinski definition) is 4. The maximum Gasteiger partial charge on any atom is 0.278 e. The van der Waals surface area contributed by atoms with Crippen molar-refractivity contribution in [2.24, 2.45) is 0 Å². The molecule has 0 unspecified atom stereocenters. The Balaban J connectivity index is 2.18. The Bertz CT molecular complexity index is 915. The summed E-state index contributed by atoms with van der Waals surface area (Å²) in [6.07, 6.45) is 0. The molecule has 0 bridgehead atoms. The van der Waals surface area contributed by atoms with E-state index < -0.39 is 0 Å². The van der Waals surface area contributed by atoms with E-state index in [0.717, 1.165) is 16.8 Å². The maximum absolute atomic E-state index is 12.9. The standard InChI is InChI=1S/C21H22N2O3/c1-5-23-20(24)18(15-10-6-7-12-17(15)26-4)19(21(23)25)22-16-11-8-9-13(2)14(16)3/h6-12,22H,5H2,1-4H3. The average molecular weight is 350 g/mol. The second-order valence-corrected chi connectivity index (χ2v) is 6.18. The van der Waals surface area contributed by atoms with Crippen LogP contribution >= 0.6 is 0 Å². The van der Waals surface area contributed by atoms with Gasteiger partial charge < -0.3 is 10.1 Å². The Morgan fingerprint density at radius 3 is 2.42 bits per heavy atom. The summed E-state index contributed by atoms with van der Waals surface area (Å²) in [5.74, 6) is -0.0732. The Labute approximate surface area is 153 Å². The fourth-order valence-corrected chi connectivity index (χ4v) is 3.10. The summed E-state index contributed by atoms with van der Waals surface area (Å²) in [7, 11) is 1.55. The van der Waals surface area contributed by atoms with Crippen LogP contribution in [0.4, 0.5) is 5.69 Å². The number of nitrogens with zero attached hydrogens (tertiary/aromatic N) is 1. The van der Waals surface area contributed by atoms with Crippen LogP contribution in [0.15, 0.2) is 48.2 Å². The molecule has 2 amide bonds. The predicted octanol–water partition coefficient (Wildman–Crippen LogP) is 3.52. The van der Waals surface area contributed by atoms with E-state index in [4.69, 9.17) is 4.74 Å². The zero-order chi connectivity index (χ0) is 18.8. The molecule has 2 aromatic rings. The Morgan fingerprint density at radius 1 is 1.00 bits per heavy atom. The smallest absolute Gasteiger partial charge is 0.278 e. The number of rotatable bonds is 5.